The molecular weight excluding hydrogens is 324 g/mol. The number of allylic oxidation sites excluding steroid dienone is 1. The van der Waals surface area contributed by atoms with Crippen molar-refractivity contribution in [1.82, 2.24) is 0 Å². The third-order valence-corrected chi connectivity index (χ3v) is 3.39. The van der Waals surface area contributed by atoms with Gasteiger partial charge in [-0.1, -0.05) is 0 Å². The summed E-state index contributed by atoms with van der Waals surface area (Å²) in [5, 5.41) is 19.8. The van der Waals surface area contributed by atoms with Crippen LogP contribution < -0.4 is 0 Å². The number of rotatable bonds is 5. The van der Waals surface area contributed by atoms with Crippen molar-refractivity contribution in [3.63, 3.8) is 0 Å². The van der Waals surface area contributed by atoms with Crippen LogP contribution in [-0.2, 0) is 0 Å². The standard InChI is InChI=1S/C18H10N2O5/c19-11-13(18(21)17-2-1-9-24-17)10-15-7-8-16(25-15)12-3-5-14(6-4-12)20(22)23/h1-10H/b13-10+. The molecule has 25 heavy (non-hydrogen) atoms. The van der Waals surface area contributed by atoms with Crippen molar-refractivity contribution in [3.8, 4) is 17.4 Å². The molecule has 0 spiro atoms. The van der Waals surface area contributed by atoms with Crippen LogP contribution in [0.25, 0.3) is 17.4 Å². The summed E-state index contributed by atoms with van der Waals surface area (Å²) in [5.41, 5.74) is 0.493. The minimum Gasteiger partial charge on any atom is -0.461 e. The summed E-state index contributed by atoms with van der Waals surface area (Å²) in [4.78, 5) is 22.3. The fraction of sp³-hybridized carbons (Fsp3) is 0. The molecular formula is C18H10N2O5. The highest BCUT2D eigenvalue weighted by Crippen LogP contribution is 2.25. The number of ketones is 1. The molecule has 2 aromatic heterocycles. The number of carbonyl (C=O) groups excluding carboxylic acids is 1. The average Bonchev–Trinajstić information content (AvgIpc) is 3.31. The molecule has 0 bridgehead atoms. The molecule has 0 aliphatic rings. The molecule has 0 aliphatic heterocycles. The Labute approximate surface area is 141 Å². The van der Waals surface area contributed by atoms with E-state index in [2.05, 4.69) is 0 Å². The Balaban J connectivity index is 1.86. The van der Waals surface area contributed by atoms with Crippen LogP contribution in [0.1, 0.15) is 16.3 Å². The topological polar surface area (TPSA) is 110 Å². The van der Waals surface area contributed by atoms with E-state index in [0.29, 0.717) is 17.1 Å². The molecule has 1 aromatic carbocycles. The van der Waals surface area contributed by atoms with Gasteiger partial charge in [0.15, 0.2) is 5.76 Å². The van der Waals surface area contributed by atoms with Crippen LogP contribution in [0.2, 0.25) is 0 Å². The lowest BCUT2D eigenvalue weighted by molar-refractivity contribution is -0.384. The van der Waals surface area contributed by atoms with E-state index in [9.17, 15) is 20.2 Å². The summed E-state index contributed by atoms with van der Waals surface area (Å²) in [5.74, 6) is 0.296. The first kappa shape index (κ1) is 16.0. The van der Waals surface area contributed by atoms with Gasteiger partial charge in [-0.2, -0.15) is 5.26 Å². The van der Waals surface area contributed by atoms with Crippen molar-refractivity contribution in [1.29, 1.82) is 5.26 Å². The third-order valence-electron chi connectivity index (χ3n) is 3.39. The molecule has 0 atom stereocenters. The third kappa shape index (κ3) is 3.38. The molecule has 7 heteroatoms. The lowest BCUT2D eigenvalue weighted by Gasteiger charge is -1.97. The number of hydrogen-bond acceptors (Lipinski definition) is 6. The maximum absolute atomic E-state index is 12.1. The predicted molar refractivity (Wildman–Crippen MR) is 87.4 cm³/mol. The molecule has 2 heterocycles. The van der Waals surface area contributed by atoms with Gasteiger partial charge >= 0.3 is 0 Å². The number of furan rings is 2. The van der Waals surface area contributed by atoms with Gasteiger partial charge in [-0.15, -0.1) is 0 Å². The Morgan fingerprint density at radius 2 is 1.92 bits per heavy atom. The van der Waals surface area contributed by atoms with E-state index < -0.39 is 10.7 Å². The van der Waals surface area contributed by atoms with Crippen molar-refractivity contribution >= 4 is 17.5 Å². The maximum atomic E-state index is 12.1. The lowest BCUT2D eigenvalue weighted by atomic mass is 10.1. The number of Topliss-reactive ketones (excluding diaryl/α,β-unsaturated/α-hetero) is 1. The van der Waals surface area contributed by atoms with Gasteiger partial charge in [-0.25, -0.2) is 0 Å². The van der Waals surface area contributed by atoms with Crippen LogP contribution in [0.4, 0.5) is 5.69 Å². The van der Waals surface area contributed by atoms with E-state index in [1.54, 1.807) is 30.3 Å². The zero-order valence-electron chi connectivity index (χ0n) is 12.7. The molecule has 7 nitrogen and oxygen atoms in total. The van der Waals surface area contributed by atoms with Crippen molar-refractivity contribution in [2.75, 3.05) is 0 Å². The molecule has 0 N–H and O–H groups in total. The van der Waals surface area contributed by atoms with Gasteiger partial charge < -0.3 is 8.83 Å². The Bertz CT molecular complexity index is 989. The van der Waals surface area contributed by atoms with Gasteiger partial charge in [-0.3, -0.25) is 14.9 Å². The van der Waals surface area contributed by atoms with Crippen LogP contribution in [0.15, 0.2) is 69.2 Å². The summed E-state index contributed by atoms with van der Waals surface area (Å²) in [6, 6.07) is 14.0. The second kappa shape index (κ2) is 6.68. The molecule has 0 saturated heterocycles. The number of non-ortho nitro benzene ring substituents is 1. The Kier molecular flexibility index (Phi) is 4.26. The highest BCUT2D eigenvalue weighted by Gasteiger charge is 2.16. The van der Waals surface area contributed by atoms with Crippen LogP contribution in [-0.4, -0.2) is 10.7 Å². The monoisotopic (exact) mass is 334 g/mol. The van der Waals surface area contributed by atoms with E-state index >= 15 is 0 Å². The smallest absolute Gasteiger partial charge is 0.269 e. The molecule has 122 valence electrons. The maximum Gasteiger partial charge on any atom is 0.269 e. The van der Waals surface area contributed by atoms with E-state index in [1.807, 2.05) is 6.07 Å². The van der Waals surface area contributed by atoms with E-state index in [1.165, 1.54) is 30.5 Å². The zero-order chi connectivity index (χ0) is 17.8. The SMILES string of the molecule is N#C/C(=C\c1ccc(-c2ccc([N+](=O)[O-])cc2)o1)C(=O)c1ccco1. The first-order chi connectivity index (χ1) is 12.1. The molecule has 0 fully saturated rings. The largest absolute Gasteiger partial charge is 0.461 e. The van der Waals surface area contributed by atoms with Crippen molar-refractivity contribution in [3.05, 3.63) is 82.0 Å². The quantitative estimate of drug-likeness (QED) is 0.227. The second-order valence-corrected chi connectivity index (χ2v) is 4.98. The number of nitrogens with zero attached hydrogens (tertiary/aromatic N) is 2. The first-order valence-electron chi connectivity index (χ1n) is 7.13. The van der Waals surface area contributed by atoms with Gasteiger partial charge in [0, 0.05) is 23.8 Å². The van der Waals surface area contributed by atoms with Crippen LogP contribution in [0, 0.1) is 21.4 Å². The Hall–Kier alpha value is -3.92. The highest BCUT2D eigenvalue weighted by molar-refractivity contribution is 6.12. The van der Waals surface area contributed by atoms with Crippen molar-refractivity contribution < 1.29 is 18.6 Å². The minimum atomic E-state index is -0.541. The number of hydrogen-bond donors (Lipinski definition) is 0. The summed E-state index contributed by atoms with van der Waals surface area (Å²) in [7, 11) is 0. The van der Waals surface area contributed by atoms with Crippen LogP contribution in [0.5, 0.6) is 0 Å². The van der Waals surface area contributed by atoms with Gasteiger partial charge in [-0.05, 0) is 36.4 Å². The summed E-state index contributed by atoms with van der Waals surface area (Å²) in [6.45, 7) is 0. The predicted octanol–water partition coefficient (Wildman–Crippen LogP) is 4.24. The fourth-order valence-electron chi connectivity index (χ4n) is 2.16. The number of nitro groups is 1. The molecule has 3 aromatic rings. The van der Waals surface area contributed by atoms with Crippen molar-refractivity contribution in [2.24, 2.45) is 0 Å². The van der Waals surface area contributed by atoms with Gasteiger partial charge in [0.2, 0.25) is 5.78 Å². The molecule has 0 saturated carbocycles. The summed E-state index contributed by atoms with van der Waals surface area (Å²) in [6.07, 6.45) is 2.67. The normalized spacial score (nSPS) is 11.1. The number of benzene rings is 1. The number of carbonyl (C=O) groups is 1. The Morgan fingerprint density at radius 1 is 1.16 bits per heavy atom. The van der Waals surface area contributed by atoms with Gasteiger partial charge in [0.25, 0.3) is 5.69 Å². The van der Waals surface area contributed by atoms with Crippen molar-refractivity contribution in [2.45, 2.75) is 0 Å². The fourth-order valence-corrected chi connectivity index (χ4v) is 2.16. The average molecular weight is 334 g/mol. The molecule has 0 radical (unpaired) electrons. The first-order valence-corrected chi connectivity index (χ1v) is 7.13. The molecule has 3 rings (SSSR count). The number of nitriles is 1. The summed E-state index contributed by atoms with van der Waals surface area (Å²) >= 11 is 0. The molecule has 0 unspecified atom stereocenters. The van der Waals surface area contributed by atoms with Crippen LogP contribution in [0.3, 0.4) is 0 Å². The zero-order valence-corrected chi connectivity index (χ0v) is 12.7. The summed E-state index contributed by atoms with van der Waals surface area (Å²) < 4.78 is 10.6. The highest BCUT2D eigenvalue weighted by atomic mass is 16.6. The van der Waals surface area contributed by atoms with Gasteiger partial charge in [0.05, 0.1) is 11.2 Å². The number of nitro benzene ring substituents is 1. The van der Waals surface area contributed by atoms with Crippen LogP contribution >= 0.6 is 0 Å². The van der Waals surface area contributed by atoms with E-state index in [0.717, 1.165) is 0 Å². The minimum absolute atomic E-state index is 0.0220. The van der Waals surface area contributed by atoms with Gasteiger partial charge in [0.1, 0.15) is 23.2 Å². The molecule has 0 aliphatic carbocycles. The van der Waals surface area contributed by atoms with E-state index in [-0.39, 0.29) is 17.0 Å². The van der Waals surface area contributed by atoms with E-state index in [4.69, 9.17) is 8.83 Å². The second-order valence-electron chi connectivity index (χ2n) is 4.98. The lowest BCUT2D eigenvalue weighted by Crippen LogP contribution is -1.99. The molecule has 0 amide bonds. The Morgan fingerprint density at radius 3 is 2.52 bits per heavy atom.